The number of amides is 1. The molecular formula is C19H21FN2O3. The molecule has 0 unspecified atom stereocenters. The molecule has 1 aromatic carbocycles. The Morgan fingerprint density at radius 2 is 1.84 bits per heavy atom. The first-order chi connectivity index (χ1) is 12.0. The molecule has 0 saturated heterocycles. The highest BCUT2D eigenvalue weighted by Crippen LogP contribution is 2.36. The number of nitrogens with one attached hydrogen (secondary N) is 1. The molecule has 3 rings (SSSR count). The van der Waals surface area contributed by atoms with Crippen molar-refractivity contribution >= 4 is 5.91 Å². The van der Waals surface area contributed by atoms with Crippen LogP contribution in [0.3, 0.4) is 0 Å². The summed E-state index contributed by atoms with van der Waals surface area (Å²) in [4.78, 5) is 24.5. The number of benzene rings is 1. The van der Waals surface area contributed by atoms with E-state index in [1.807, 2.05) is 0 Å². The molecule has 0 radical (unpaired) electrons. The van der Waals surface area contributed by atoms with Crippen LogP contribution < -0.4 is 10.9 Å². The Hall–Kier alpha value is -2.47. The fraction of sp³-hybridized carbons (Fsp3) is 0.368. The lowest BCUT2D eigenvalue weighted by molar-refractivity contribution is 0.0880. The van der Waals surface area contributed by atoms with Crippen molar-refractivity contribution in [1.29, 1.82) is 0 Å². The standard InChI is InChI=1S/C19H21FN2O3/c20-15-4-6-16(7-5-15)22-11-14(3-8-17(22)24)18(25)21-12-19(13-23)9-1-2-10-19/h3-8,11,23H,1-2,9-10,12-13H2,(H,21,25). The quantitative estimate of drug-likeness (QED) is 0.874. The Kier molecular flexibility index (Phi) is 4.99. The summed E-state index contributed by atoms with van der Waals surface area (Å²) in [6.45, 7) is 0.473. The van der Waals surface area contributed by atoms with Crippen molar-refractivity contribution in [3.63, 3.8) is 0 Å². The number of aliphatic hydroxyl groups excluding tert-OH is 1. The van der Waals surface area contributed by atoms with Crippen molar-refractivity contribution in [2.45, 2.75) is 25.7 Å². The van der Waals surface area contributed by atoms with Crippen molar-refractivity contribution in [2.75, 3.05) is 13.2 Å². The summed E-state index contributed by atoms with van der Waals surface area (Å²) in [7, 11) is 0. The zero-order valence-electron chi connectivity index (χ0n) is 13.9. The Morgan fingerprint density at radius 3 is 2.48 bits per heavy atom. The van der Waals surface area contributed by atoms with Crippen LogP contribution in [0.4, 0.5) is 4.39 Å². The van der Waals surface area contributed by atoms with Gasteiger partial charge in [-0.3, -0.25) is 14.2 Å². The van der Waals surface area contributed by atoms with E-state index in [-0.39, 0.29) is 23.5 Å². The average Bonchev–Trinajstić information content (AvgIpc) is 3.10. The number of aliphatic hydroxyl groups is 1. The van der Waals surface area contributed by atoms with E-state index in [1.54, 1.807) is 0 Å². The van der Waals surface area contributed by atoms with Gasteiger partial charge in [0, 0.05) is 29.9 Å². The molecule has 0 spiro atoms. The first kappa shape index (κ1) is 17.4. The summed E-state index contributed by atoms with van der Waals surface area (Å²) in [5.74, 6) is -0.688. The van der Waals surface area contributed by atoms with E-state index in [2.05, 4.69) is 5.32 Å². The Balaban J connectivity index is 1.78. The summed E-state index contributed by atoms with van der Waals surface area (Å²) >= 11 is 0. The molecule has 0 aliphatic heterocycles. The maximum absolute atomic E-state index is 13.1. The first-order valence-electron chi connectivity index (χ1n) is 8.41. The third-order valence-electron chi connectivity index (χ3n) is 4.90. The van der Waals surface area contributed by atoms with Gasteiger partial charge in [-0.05, 0) is 43.2 Å². The predicted molar refractivity (Wildman–Crippen MR) is 92.3 cm³/mol. The Morgan fingerprint density at radius 1 is 1.16 bits per heavy atom. The summed E-state index contributed by atoms with van der Waals surface area (Å²) < 4.78 is 14.4. The molecule has 132 valence electrons. The molecule has 1 heterocycles. The van der Waals surface area contributed by atoms with Gasteiger partial charge in [0.2, 0.25) is 0 Å². The van der Waals surface area contributed by atoms with Gasteiger partial charge in [0.05, 0.1) is 12.2 Å². The van der Waals surface area contributed by atoms with Crippen molar-refractivity contribution in [2.24, 2.45) is 5.41 Å². The minimum absolute atomic E-state index is 0.0579. The van der Waals surface area contributed by atoms with Gasteiger partial charge in [0.15, 0.2) is 0 Å². The summed E-state index contributed by atoms with van der Waals surface area (Å²) in [6.07, 6.45) is 5.38. The lowest BCUT2D eigenvalue weighted by Gasteiger charge is -2.26. The second-order valence-electron chi connectivity index (χ2n) is 6.65. The largest absolute Gasteiger partial charge is 0.396 e. The summed E-state index contributed by atoms with van der Waals surface area (Å²) in [5, 5.41) is 12.5. The smallest absolute Gasteiger partial charge is 0.255 e. The van der Waals surface area contributed by atoms with Gasteiger partial charge in [-0.2, -0.15) is 0 Å². The minimum Gasteiger partial charge on any atom is -0.396 e. The second-order valence-corrected chi connectivity index (χ2v) is 6.65. The number of pyridine rings is 1. The first-order valence-corrected chi connectivity index (χ1v) is 8.41. The van der Waals surface area contributed by atoms with E-state index in [1.165, 1.54) is 47.2 Å². The van der Waals surface area contributed by atoms with Gasteiger partial charge >= 0.3 is 0 Å². The number of rotatable bonds is 5. The van der Waals surface area contributed by atoms with Gasteiger partial charge in [-0.15, -0.1) is 0 Å². The molecule has 1 aliphatic carbocycles. The molecule has 0 atom stereocenters. The molecule has 1 fully saturated rings. The van der Waals surface area contributed by atoms with Gasteiger partial charge in [0.25, 0.3) is 11.5 Å². The molecule has 0 bridgehead atoms. The second kappa shape index (κ2) is 7.19. The van der Waals surface area contributed by atoms with E-state index in [9.17, 15) is 19.1 Å². The molecule has 6 heteroatoms. The lowest BCUT2D eigenvalue weighted by Crippen LogP contribution is -2.38. The molecule has 1 saturated carbocycles. The highest BCUT2D eigenvalue weighted by atomic mass is 19.1. The molecule has 5 nitrogen and oxygen atoms in total. The highest BCUT2D eigenvalue weighted by Gasteiger charge is 2.33. The monoisotopic (exact) mass is 344 g/mol. The van der Waals surface area contributed by atoms with Crippen molar-refractivity contribution in [3.05, 3.63) is 64.3 Å². The topological polar surface area (TPSA) is 71.3 Å². The average molecular weight is 344 g/mol. The fourth-order valence-electron chi connectivity index (χ4n) is 3.31. The third-order valence-corrected chi connectivity index (χ3v) is 4.90. The van der Waals surface area contributed by atoms with Gasteiger partial charge < -0.3 is 10.4 Å². The van der Waals surface area contributed by atoms with Crippen LogP contribution in [0.2, 0.25) is 0 Å². The summed E-state index contributed by atoms with van der Waals surface area (Å²) in [6, 6.07) is 8.28. The lowest BCUT2D eigenvalue weighted by atomic mass is 9.87. The maximum atomic E-state index is 13.1. The van der Waals surface area contributed by atoms with Crippen LogP contribution in [0, 0.1) is 11.2 Å². The van der Waals surface area contributed by atoms with E-state index < -0.39 is 5.82 Å². The number of halogens is 1. The maximum Gasteiger partial charge on any atom is 0.255 e. The van der Waals surface area contributed by atoms with E-state index in [0.29, 0.717) is 17.8 Å². The molecule has 2 N–H and O–H groups in total. The zero-order valence-corrected chi connectivity index (χ0v) is 13.9. The third kappa shape index (κ3) is 3.79. The van der Waals surface area contributed by atoms with Gasteiger partial charge in [-0.25, -0.2) is 4.39 Å². The van der Waals surface area contributed by atoms with Crippen LogP contribution in [-0.4, -0.2) is 28.7 Å². The van der Waals surface area contributed by atoms with Crippen LogP contribution in [-0.2, 0) is 0 Å². The van der Waals surface area contributed by atoms with Crippen molar-refractivity contribution < 1.29 is 14.3 Å². The number of carbonyl (C=O) groups is 1. The van der Waals surface area contributed by atoms with Gasteiger partial charge in [0.1, 0.15) is 5.82 Å². The fourth-order valence-corrected chi connectivity index (χ4v) is 3.31. The molecule has 1 amide bonds. The minimum atomic E-state index is -0.392. The number of nitrogens with zero attached hydrogens (tertiary/aromatic N) is 1. The highest BCUT2D eigenvalue weighted by molar-refractivity contribution is 5.93. The number of aromatic nitrogens is 1. The number of carbonyl (C=O) groups excluding carboxylic acids is 1. The number of hydrogen-bond donors (Lipinski definition) is 2. The molecular weight excluding hydrogens is 323 g/mol. The SMILES string of the molecule is O=C(NCC1(CO)CCCC1)c1ccc(=O)n(-c2ccc(F)cc2)c1. The van der Waals surface area contributed by atoms with E-state index in [4.69, 9.17) is 0 Å². The van der Waals surface area contributed by atoms with E-state index in [0.717, 1.165) is 25.7 Å². The van der Waals surface area contributed by atoms with Crippen molar-refractivity contribution in [1.82, 2.24) is 9.88 Å². The van der Waals surface area contributed by atoms with Crippen molar-refractivity contribution in [3.8, 4) is 5.69 Å². The van der Waals surface area contributed by atoms with Crippen LogP contribution in [0.5, 0.6) is 0 Å². The van der Waals surface area contributed by atoms with Crippen LogP contribution in [0.25, 0.3) is 5.69 Å². The van der Waals surface area contributed by atoms with Crippen LogP contribution in [0.1, 0.15) is 36.0 Å². The Labute approximate surface area is 145 Å². The van der Waals surface area contributed by atoms with Crippen LogP contribution in [0.15, 0.2) is 47.4 Å². The summed E-state index contributed by atoms with van der Waals surface area (Å²) in [5.41, 5.74) is 0.297. The molecule has 1 aliphatic rings. The molecule has 25 heavy (non-hydrogen) atoms. The molecule has 2 aromatic rings. The predicted octanol–water partition coefficient (Wildman–Crippen LogP) is 2.26. The normalized spacial score (nSPS) is 15.9. The van der Waals surface area contributed by atoms with E-state index >= 15 is 0 Å². The van der Waals surface area contributed by atoms with Crippen LogP contribution >= 0.6 is 0 Å². The van der Waals surface area contributed by atoms with Gasteiger partial charge in [-0.1, -0.05) is 12.8 Å². The number of hydrogen-bond acceptors (Lipinski definition) is 3. The zero-order chi connectivity index (χ0) is 17.9. The Bertz CT molecular complexity index is 808. The molecule has 1 aromatic heterocycles.